The Morgan fingerprint density at radius 1 is 0.526 bits per heavy atom. The molecule has 4 aromatic rings. The van der Waals surface area contributed by atoms with Crippen LogP contribution in [0.2, 0.25) is 0 Å². The van der Waals surface area contributed by atoms with Crippen molar-refractivity contribution in [3.63, 3.8) is 0 Å². The van der Waals surface area contributed by atoms with E-state index in [0.29, 0.717) is 11.1 Å². The molecular formula is C28H22Na2O6S2. The van der Waals surface area contributed by atoms with Crippen LogP contribution in [0.3, 0.4) is 0 Å². The van der Waals surface area contributed by atoms with E-state index >= 15 is 0 Å². The van der Waals surface area contributed by atoms with Crippen molar-refractivity contribution >= 4 is 104 Å². The molecule has 0 saturated carbocycles. The van der Waals surface area contributed by atoms with Crippen molar-refractivity contribution in [1.82, 2.24) is 0 Å². The van der Waals surface area contributed by atoms with Crippen LogP contribution in [-0.2, 0) is 20.2 Å². The minimum Gasteiger partial charge on any atom is -0.282 e. The summed E-state index contributed by atoms with van der Waals surface area (Å²) in [6, 6.07) is 27.9. The van der Waals surface area contributed by atoms with Gasteiger partial charge < -0.3 is 0 Å². The average Bonchev–Trinajstić information content (AvgIpc) is 2.86. The number of hydrogen-bond acceptors (Lipinski definition) is 4. The van der Waals surface area contributed by atoms with Gasteiger partial charge in [-0.1, -0.05) is 115 Å². The largest absolute Gasteiger partial charge is 0.296 e. The van der Waals surface area contributed by atoms with E-state index in [1.807, 2.05) is 36.4 Å². The first-order valence-electron chi connectivity index (χ1n) is 10.8. The first-order valence-corrected chi connectivity index (χ1v) is 13.7. The molecule has 6 nitrogen and oxygen atoms in total. The summed E-state index contributed by atoms with van der Waals surface area (Å²) in [6.07, 6.45) is 6.38. The molecule has 0 fully saturated rings. The molecule has 10 heteroatoms. The van der Waals surface area contributed by atoms with Gasteiger partial charge in [0.25, 0.3) is 20.2 Å². The van der Waals surface area contributed by atoms with Crippen molar-refractivity contribution < 1.29 is 25.9 Å². The van der Waals surface area contributed by atoms with Crippen LogP contribution in [0.25, 0.3) is 35.4 Å². The second kappa shape index (κ2) is 14.0. The van der Waals surface area contributed by atoms with Gasteiger partial charge in [0.05, 0.1) is 0 Å². The molecule has 0 bridgehead atoms. The molecule has 2 N–H and O–H groups in total. The van der Waals surface area contributed by atoms with Gasteiger partial charge in [0.1, 0.15) is 9.79 Å². The molecule has 4 aromatic carbocycles. The number of benzene rings is 4. The zero-order chi connectivity index (χ0) is 25.8. The van der Waals surface area contributed by atoms with Crippen LogP contribution in [0.15, 0.2) is 107 Å². The van der Waals surface area contributed by atoms with E-state index < -0.39 is 30.0 Å². The van der Waals surface area contributed by atoms with Gasteiger partial charge in [0.15, 0.2) is 0 Å². The topological polar surface area (TPSA) is 109 Å². The van der Waals surface area contributed by atoms with Crippen molar-refractivity contribution in [3.8, 4) is 11.1 Å². The third kappa shape index (κ3) is 8.09. The second-order valence-corrected chi connectivity index (χ2v) is 10.6. The number of hydrogen-bond donors (Lipinski definition) is 2. The fourth-order valence-electron chi connectivity index (χ4n) is 3.82. The van der Waals surface area contributed by atoms with E-state index in [2.05, 4.69) is 0 Å². The predicted octanol–water partition coefficient (Wildman–Crippen LogP) is 5.43. The SMILES string of the molecule is O=S(=O)(O)c1c(-c2ccccc2)cc(C=Cc2ccccc2)c(C=Cc2ccccc2)c1S(=O)(=O)O.[Na].[Na]. The van der Waals surface area contributed by atoms with Crippen LogP contribution in [0.4, 0.5) is 0 Å². The molecule has 184 valence electrons. The van der Waals surface area contributed by atoms with E-state index in [1.54, 1.807) is 72.8 Å². The van der Waals surface area contributed by atoms with Crippen LogP contribution in [0.5, 0.6) is 0 Å². The van der Waals surface area contributed by atoms with E-state index in [0.717, 1.165) is 11.1 Å². The van der Waals surface area contributed by atoms with Crippen LogP contribution in [-0.4, -0.2) is 85.1 Å². The van der Waals surface area contributed by atoms with Gasteiger partial charge in [0, 0.05) is 70.2 Å². The van der Waals surface area contributed by atoms with E-state index in [-0.39, 0.29) is 70.2 Å². The molecule has 0 aliphatic rings. The van der Waals surface area contributed by atoms with Crippen LogP contribution < -0.4 is 0 Å². The van der Waals surface area contributed by atoms with Crippen molar-refractivity contribution in [2.45, 2.75) is 9.79 Å². The first kappa shape index (κ1) is 32.4. The summed E-state index contributed by atoms with van der Waals surface area (Å²) in [5.74, 6) is 0. The molecule has 0 aromatic heterocycles. The molecule has 4 rings (SSSR count). The molecule has 0 amide bonds. The van der Waals surface area contributed by atoms with Gasteiger partial charge in [-0.15, -0.1) is 0 Å². The Kier molecular flexibility index (Phi) is 11.9. The first-order chi connectivity index (χ1) is 17.1. The zero-order valence-electron chi connectivity index (χ0n) is 20.9. The fourth-order valence-corrected chi connectivity index (χ4v) is 6.06. The number of rotatable bonds is 7. The Bertz CT molecular complexity index is 1650. The van der Waals surface area contributed by atoms with E-state index in [1.165, 1.54) is 12.1 Å². The van der Waals surface area contributed by atoms with Gasteiger partial charge in [-0.2, -0.15) is 16.8 Å². The maximum Gasteiger partial charge on any atom is 0.296 e. The average molecular weight is 565 g/mol. The Labute approximate surface area is 267 Å². The predicted molar refractivity (Wildman–Crippen MR) is 154 cm³/mol. The summed E-state index contributed by atoms with van der Waals surface area (Å²) in [7, 11) is -10.2. The normalized spacial score (nSPS) is 11.7. The fraction of sp³-hybridized carbons (Fsp3) is 0. The summed E-state index contributed by atoms with van der Waals surface area (Å²) in [5.41, 5.74) is 2.07. The molecule has 0 unspecified atom stereocenters. The minimum atomic E-state index is -5.11. The van der Waals surface area contributed by atoms with Crippen molar-refractivity contribution in [3.05, 3.63) is 119 Å². The molecule has 2 radical (unpaired) electrons. The summed E-state index contributed by atoms with van der Waals surface area (Å²) < 4.78 is 70.8. The summed E-state index contributed by atoms with van der Waals surface area (Å²) >= 11 is 0. The molecule has 0 heterocycles. The molecule has 0 spiro atoms. The third-order valence-corrected chi connectivity index (χ3v) is 7.41. The summed E-state index contributed by atoms with van der Waals surface area (Å²) in [4.78, 5) is -1.79. The van der Waals surface area contributed by atoms with E-state index in [4.69, 9.17) is 0 Å². The van der Waals surface area contributed by atoms with Crippen molar-refractivity contribution in [2.24, 2.45) is 0 Å². The zero-order valence-corrected chi connectivity index (χ0v) is 26.5. The molecule has 0 saturated heterocycles. The summed E-state index contributed by atoms with van der Waals surface area (Å²) in [6.45, 7) is 0. The quantitative estimate of drug-likeness (QED) is 0.176. The molecule has 38 heavy (non-hydrogen) atoms. The molecule has 0 aliphatic heterocycles. The monoisotopic (exact) mass is 564 g/mol. The Morgan fingerprint density at radius 2 is 0.947 bits per heavy atom. The van der Waals surface area contributed by atoms with Crippen LogP contribution in [0, 0.1) is 0 Å². The smallest absolute Gasteiger partial charge is 0.282 e. The summed E-state index contributed by atoms with van der Waals surface area (Å²) in [5, 5.41) is 0. The second-order valence-electron chi connectivity index (χ2n) is 7.89. The van der Waals surface area contributed by atoms with Crippen molar-refractivity contribution in [1.29, 1.82) is 0 Å². The Morgan fingerprint density at radius 3 is 1.39 bits per heavy atom. The van der Waals surface area contributed by atoms with Crippen LogP contribution in [0.1, 0.15) is 22.3 Å². The Hall–Kier alpha value is -1.82. The van der Waals surface area contributed by atoms with Gasteiger partial charge in [-0.05, 0) is 28.3 Å². The van der Waals surface area contributed by atoms with Gasteiger partial charge in [-0.3, -0.25) is 9.11 Å². The Balaban J connectivity index is 0.00000253. The van der Waals surface area contributed by atoms with Crippen LogP contribution >= 0.6 is 0 Å². The third-order valence-electron chi connectivity index (χ3n) is 5.40. The molecule has 0 aliphatic carbocycles. The van der Waals surface area contributed by atoms with E-state index in [9.17, 15) is 25.9 Å². The van der Waals surface area contributed by atoms with Crippen molar-refractivity contribution in [2.75, 3.05) is 0 Å². The van der Waals surface area contributed by atoms with Gasteiger partial charge in [0.2, 0.25) is 0 Å². The van der Waals surface area contributed by atoms with Gasteiger partial charge in [-0.25, -0.2) is 0 Å². The molecule has 0 atom stereocenters. The minimum absolute atomic E-state index is 0. The maximum atomic E-state index is 12.7. The standard InChI is InChI=1S/C28H22O6S2.2Na/c29-35(30,31)27-25(19-17-22-12-6-2-7-13-22)24(18-16-21-10-4-1-5-11-21)20-26(28(27)36(32,33)34)23-14-8-3-9-15-23;;/h1-20H,(H,29,30,31)(H,32,33,34);;. The molecular weight excluding hydrogens is 542 g/mol. The maximum absolute atomic E-state index is 12.7. The van der Waals surface area contributed by atoms with Gasteiger partial charge >= 0.3 is 0 Å².